The Hall–Kier alpha value is -2.31. The van der Waals surface area contributed by atoms with Crippen molar-refractivity contribution in [3.05, 3.63) is 57.9 Å². The molecule has 30 heavy (non-hydrogen) atoms. The van der Waals surface area contributed by atoms with Crippen LogP contribution >= 0.6 is 11.6 Å². The van der Waals surface area contributed by atoms with Crippen LogP contribution in [0.15, 0.2) is 30.3 Å². The van der Waals surface area contributed by atoms with E-state index in [-0.39, 0.29) is 30.3 Å². The number of nitrogens with one attached hydrogen (secondary N) is 1. The van der Waals surface area contributed by atoms with Gasteiger partial charge in [0.1, 0.15) is 11.6 Å². The van der Waals surface area contributed by atoms with Crippen molar-refractivity contribution in [2.24, 2.45) is 0 Å². The van der Waals surface area contributed by atoms with Gasteiger partial charge in [-0.1, -0.05) is 11.6 Å². The van der Waals surface area contributed by atoms with Crippen molar-refractivity contribution in [1.82, 2.24) is 5.32 Å². The zero-order valence-electron chi connectivity index (χ0n) is 17.0. The molecule has 0 radical (unpaired) electrons. The molecule has 1 atom stereocenters. The Kier molecular flexibility index (Phi) is 6.16. The van der Waals surface area contributed by atoms with Gasteiger partial charge in [-0.3, -0.25) is 4.79 Å². The predicted molar refractivity (Wildman–Crippen MR) is 115 cm³/mol. The topological polar surface area (TPSA) is 61.8 Å². The largest absolute Gasteiger partial charge is 0.493 e. The predicted octanol–water partition coefficient (Wildman–Crippen LogP) is 3.80. The Balaban J connectivity index is 1.49. The number of fused-ring (bicyclic) bond motifs is 1. The fourth-order valence-corrected chi connectivity index (χ4v) is 4.55. The molecule has 2 aromatic carbocycles. The smallest absolute Gasteiger partial charge is 0.225 e. The number of amides is 1. The summed E-state index contributed by atoms with van der Waals surface area (Å²) in [5.74, 6) is 0.236. The van der Waals surface area contributed by atoms with Gasteiger partial charge in [0.05, 0.1) is 25.2 Å². The Bertz CT molecular complexity index is 944. The highest BCUT2D eigenvalue weighted by molar-refractivity contribution is 6.30. The number of hydrogen-bond donors (Lipinski definition) is 2. The molecule has 0 spiro atoms. The molecule has 0 bridgehead atoms. The number of carbonyl (C=O) groups is 1. The van der Waals surface area contributed by atoms with Gasteiger partial charge < -0.3 is 20.1 Å². The molecule has 1 amide bonds. The number of halogens is 2. The van der Waals surface area contributed by atoms with Crippen molar-refractivity contribution in [2.45, 2.75) is 44.8 Å². The first-order valence-electron chi connectivity index (χ1n) is 10.4. The fourth-order valence-electron chi connectivity index (χ4n) is 4.29. The Morgan fingerprint density at radius 1 is 1.33 bits per heavy atom. The van der Waals surface area contributed by atoms with E-state index in [1.54, 1.807) is 12.1 Å². The maximum atomic E-state index is 14.0. The number of aliphatic hydroxyl groups excluding tert-OH is 1. The van der Waals surface area contributed by atoms with Gasteiger partial charge in [-0.15, -0.1) is 0 Å². The molecule has 1 fully saturated rings. The lowest BCUT2D eigenvalue weighted by atomic mass is 10.0. The SMILES string of the molecule is CC(NC(=O)Cc1cc(Cl)cc2c1OCC2)c1cc(F)ccc1N1CCC(O)CC1. The minimum Gasteiger partial charge on any atom is -0.493 e. The van der Waals surface area contributed by atoms with Gasteiger partial charge in [-0.2, -0.15) is 0 Å². The van der Waals surface area contributed by atoms with Gasteiger partial charge in [-0.25, -0.2) is 4.39 Å². The standard InChI is InChI=1S/C23H26ClFN2O3/c1-14(20-13-18(25)2-3-21(20)27-7-4-19(28)5-8-27)26-22(29)12-16-11-17(24)10-15-6-9-30-23(15)16/h2-3,10-11,13-14,19,28H,4-9,12H2,1H3,(H,26,29). The van der Waals surface area contributed by atoms with Crippen molar-refractivity contribution in [2.75, 3.05) is 24.6 Å². The zero-order chi connectivity index (χ0) is 21.3. The molecule has 160 valence electrons. The summed E-state index contributed by atoms with van der Waals surface area (Å²) in [5.41, 5.74) is 3.41. The molecule has 2 heterocycles. The minimum atomic E-state index is -0.372. The summed E-state index contributed by atoms with van der Waals surface area (Å²) < 4.78 is 19.7. The molecule has 0 saturated carbocycles. The molecular weight excluding hydrogens is 407 g/mol. The van der Waals surface area contributed by atoms with E-state index >= 15 is 0 Å². The van der Waals surface area contributed by atoms with E-state index in [2.05, 4.69) is 10.2 Å². The van der Waals surface area contributed by atoms with Crippen molar-refractivity contribution in [3.8, 4) is 5.75 Å². The van der Waals surface area contributed by atoms with Crippen LogP contribution in [-0.4, -0.2) is 36.8 Å². The lowest BCUT2D eigenvalue weighted by Crippen LogP contribution is -2.37. The summed E-state index contributed by atoms with van der Waals surface area (Å²) in [4.78, 5) is 14.9. The maximum absolute atomic E-state index is 14.0. The first kappa shape index (κ1) is 20.9. The van der Waals surface area contributed by atoms with E-state index in [1.165, 1.54) is 12.1 Å². The van der Waals surface area contributed by atoms with Crippen molar-refractivity contribution in [1.29, 1.82) is 0 Å². The summed E-state index contributed by atoms with van der Waals surface area (Å²) in [5, 5.41) is 13.4. The molecule has 2 aliphatic heterocycles. The molecule has 1 saturated heterocycles. The van der Waals surface area contributed by atoms with Crippen molar-refractivity contribution < 1.29 is 19.0 Å². The second-order valence-electron chi connectivity index (χ2n) is 8.04. The van der Waals surface area contributed by atoms with E-state index < -0.39 is 0 Å². The van der Waals surface area contributed by atoms with Gasteiger partial charge in [0, 0.05) is 41.3 Å². The van der Waals surface area contributed by atoms with Crippen LogP contribution in [0.5, 0.6) is 5.75 Å². The third kappa shape index (κ3) is 4.55. The summed E-state index contributed by atoms with van der Waals surface area (Å²) in [6.07, 6.45) is 2.00. The second-order valence-corrected chi connectivity index (χ2v) is 8.48. The van der Waals surface area contributed by atoms with Crippen LogP contribution in [0.1, 0.15) is 42.5 Å². The molecular formula is C23H26ClFN2O3. The van der Waals surface area contributed by atoms with Gasteiger partial charge in [0.15, 0.2) is 0 Å². The van der Waals surface area contributed by atoms with Crippen LogP contribution in [0.3, 0.4) is 0 Å². The highest BCUT2D eigenvalue weighted by Gasteiger charge is 2.24. The second kappa shape index (κ2) is 8.82. The van der Waals surface area contributed by atoms with Crippen molar-refractivity contribution in [3.63, 3.8) is 0 Å². The van der Waals surface area contributed by atoms with Crippen LogP contribution in [0.4, 0.5) is 10.1 Å². The third-order valence-corrected chi connectivity index (χ3v) is 6.03. The van der Waals surface area contributed by atoms with Crippen LogP contribution in [0.2, 0.25) is 5.02 Å². The van der Waals surface area contributed by atoms with E-state index in [0.717, 1.165) is 34.5 Å². The summed E-state index contributed by atoms with van der Waals surface area (Å²) in [6.45, 7) is 3.85. The number of aliphatic hydroxyl groups is 1. The molecule has 4 rings (SSSR count). The van der Waals surface area contributed by atoms with Crippen molar-refractivity contribution >= 4 is 23.2 Å². The van der Waals surface area contributed by atoms with Gasteiger partial charge >= 0.3 is 0 Å². The summed E-state index contributed by atoms with van der Waals surface area (Å²) in [7, 11) is 0. The minimum absolute atomic E-state index is 0.147. The van der Waals surface area contributed by atoms with Gasteiger partial charge in [-0.05, 0) is 55.7 Å². The first-order valence-corrected chi connectivity index (χ1v) is 10.7. The molecule has 0 aliphatic carbocycles. The Morgan fingerprint density at radius 2 is 2.10 bits per heavy atom. The quantitative estimate of drug-likeness (QED) is 0.754. The van der Waals surface area contributed by atoms with Gasteiger partial charge in [0.25, 0.3) is 0 Å². The summed E-state index contributed by atoms with van der Waals surface area (Å²) in [6, 6.07) is 7.94. The van der Waals surface area contributed by atoms with Crippen LogP contribution in [-0.2, 0) is 17.6 Å². The molecule has 5 nitrogen and oxygen atoms in total. The number of anilines is 1. The number of hydrogen-bond acceptors (Lipinski definition) is 4. The Labute approximate surface area is 180 Å². The van der Waals surface area contributed by atoms with Crippen LogP contribution in [0, 0.1) is 5.82 Å². The average Bonchev–Trinajstić information content (AvgIpc) is 3.17. The molecule has 2 aromatic rings. The number of rotatable bonds is 5. The molecule has 2 aliphatic rings. The number of carbonyl (C=O) groups excluding carboxylic acids is 1. The molecule has 0 aromatic heterocycles. The highest BCUT2D eigenvalue weighted by atomic mass is 35.5. The fraction of sp³-hybridized carbons (Fsp3) is 0.435. The van der Waals surface area contributed by atoms with E-state index in [0.29, 0.717) is 37.6 Å². The average molecular weight is 433 g/mol. The van der Waals surface area contributed by atoms with Gasteiger partial charge in [0.2, 0.25) is 5.91 Å². The molecule has 7 heteroatoms. The zero-order valence-corrected chi connectivity index (χ0v) is 17.7. The number of piperidine rings is 1. The maximum Gasteiger partial charge on any atom is 0.225 e. The third-order valence-electron chi connectivity index (χ3n) is 5.82. The van der Waals surface area contributed by atoms with E-state index in [4.69, 9.17) is 16.3 Å². The lowest BCUT2D eigenvalue weighted by Gasteiger charge is -2.34. The summed E-state index contributed by atoms with van der Waals surface area (Å²) >= 11 is 6.20. The molecule has 2 N–H and O–H groups in total. The highest BCUT2D eigenvalue weighted by Crippen LogP contribution is 2.34. The lowest BCUT2D eigenvalue weighted by molar-refractivity contribution is -0.121. The number of nitrogens with zero attached hydrogens (tertiary/aromatic N) is 1. The van der Waals surface area contributed by atoms with E-state index in [9.17, 15) is 14.3 Å². The Morgan fingerprint density at radius 3 is 2.87 bits per heavy atom. The first-order chi connectivity index (χ1) is 14.4. The monoisotopic (exact) mass is 432 g/mol. The number of ether oxygens (including phenoxy) is 1. The van der Waals surface area contributed by atoms with Crippen LogP contribution < -0.4 is 15.0 Å². The normalized spacial score (nSPS) is 17.4. The number of benzene rings is 2. The molecule has 1 unspecified atom stereocenters. The van der Waals surface area contributed by atoms with Crippen LogP contribution in [0.25, 0.3) is 0 Å². The van der Waals surface area contributed by atoms with E-state index in [1.807, 2.05) is 13.0 Å².